The van der Waals surface area contributed by atoms with Crippen LogP contribution in [0.3, 0.4) is 0 Å². The van der Waals surface area contributed by atoms with Crippen molar-refractivity contribution in [2.45, 2.75) is 5.41 Å². The number of esters is 1. The van der Waals surface area contributed by atoms with Gasteiger partial charge in [0.25, 0.3) is 5.91 Å². The van der Waals surface area contributed by atoms with Crippen molar-refractivity contribution in [3.63, 3.8) is 0 Å². The maximum Gasteiger partial charge on any atom is 0.325 e. The fourth-order valence-corrected chi connectivity index (χ4v) is 2.82. The maximum atomic E-state index is 12.4. The van der Waals surface area contributed by atoms with Gasteiger partial charge in [-0.2, -0.15) is 0 Å². The van der Waals surface area contributed by atoms with E-state index in [2.05, 4.69) is 4.74 Å². The normalized spacial score (nSPS) is 19.4. The lowest BCUT2D eigenvalue weighted by atomic mass is 9.71. The van der Waals surface area contributed by atoms with Crippen LogP contribution in [-0.2, 0) is 19.7 Å². The molecular weight excluding hydrogens is 257 g/mol. The van der Waals surface area contributed by atoms with Crippen LogP contribution in [0.4, 0.5) is 0 Å². The second-order valence-corrected chi connectivity index (χ2v) is 5.32. The minimum absolute atomic E-state index is 0.0408. The summed E-state index contributed by atoms with van der Waals surface area (Å²) in [6.07, 6.45) is 0. The third-order valence-electron chi connectivity index (χ3n) is 3.93. The van der Waals surface area contributed by atoms with Gasteiger partial charge in [0, 0.05) is 12.1 Å². The highest BCUT2D eigenvalue weighted by Crippen LogP contribution is 2.38. The molecule has 0 unspecified atom stereocenters. The molecule has 5 nitrogen and oxygen atoms in total. The monoisotopic (exact) mass is 271 g/mol. The fourth-order valence-electron chi connectivity index (χ4n) is 2.82. The number of methoxy groups -OCH3 is 1. The molecule has 0 bridgehead atoms. The summed E-state index contributed by atoms with van der Waals surface area (Å²) >= 11 is 0. The first-order valence-electron chi connectivity index (χ1n) is 6.39. The molecule has 1 aromatic carbocycles. The van der Waals surface area contributed by atoms with Crippen LogP contribution in [0.5, 0.6) is 0 Å². The first-order chi connectivity index (χ1) is 9.55. The third kappa shape index (κ3) is 1.91. The molecule has 1 saturated heterocycles. The highest BCUT2D eigenvalue weighted by atomic mass is 16.5. The molecule has 0 saturated carbocycles. The predicted molar refractivity (Wildman–Crippen MR) is 72.2 cm³/mol. The highest BCUT2D eigenvalue weighted by molar-refractivity contribution is 6.32. The van der Waals surface area contributed by atoms with Crippen molar-refractivity contribution in [1.29, 1.82) is 0 Å². The summed E-state index contributed by atoms with van der Waals surface area (Å²) in [5, 5.41) is 0. The van der Waals surface area contributed by atoms with Crippen molar-refractivity contribution in [1.82, 2.24) is 4.90 Å². The third-order valence-corrected chi connectivity index (χ3v) is 3.93. The van der Waals surface area contributed by atoms with Crippen LogP contribution in [0, 0.1) is 0 Å². The van der Waals surface area contributed by atoms with E-state index in [0.29, 0.717) is 30.8 Å². The first-order valence-corrected chi connectivity index (χ1v) is 6.39. The van der Waals surface area contributed by atoms with E-state index in [1.165, 1.54) is 12.0 Å². The Morgan fingerprint density at radius 1 is 1.50 bits per heavy atom. The SMILES string of the molecule is [B]c1ccc2c(c1)C1(COC1)CN(CC(=O)OC)C2=O. The van der Waals surface area contributed by atoms with Crippen molar-refractivity contribution in [3.8, 4) is 0 Å². The van der Waals surface area contributed by atoms with E-state index in [1.54, 1.807) is 12.1 Å². The number of amides is 1. The molecule has 2 aliphatic rings. The van der Waals surface area contributed by atoms with E-state index in [9.17, 15) is 9.59 Å². The van der Waals surface area contributed by atoms with Crippen molar-refractivity contribution < 1.29 is 19.1 Å². The van der Waals surface area contributed by atoms with Crippen molar-refractivity contribution in [2.24, 2.45) is 0 Å². The fraction of sp³-hybridized carbons (Fsp3) is 0.429. The largest absolute Gasteiger partial charge is 0.468 e. The van der Waals surface area contributed by atoms with E-state index < -0.39 is 5.97 Å². The second-order valence-electron chi connectivity index (χ2n) is 5.32. The van der Waals surface area contributed by atoms with Crippen LogP contribution in [0.25, 0.3) is 0 Å². The van der Waals surface area contributed by atoms with E-state index in [-0.39, 0.29) is 17.9 Å². The quantitative estimate of drug-likeness (QED) is 0.531. The summed E-state index contributed by atoms with van der Waals surface area (Å²) in [6, 6.07) is 5.26. The minimum Gasteiger partial charge on any atom is -0.468 e. The molecule has 2 radical (unpaired) electrons. The van der Waals surface area contributed by atoms with E-state index in [1.807, 2.05) is 6.07 Å². The zero-order valence-electron chi connectivity index (χ0n) is 11.2. The van der Waals surface area contributed by atoms with E-state index in [4.69, 9.17) is 12.6 Å². The molecule has 0 aliphatic carbocycles. The summed E-state index contributed by atoms with van der Waals surface area (Å²) in [4.78, 5) is 25.4. The maximum absolute atomic E-state index is 12.4. The number of carbonyl (C=O) groups is 2. The zero-order chi connectivity index (χ0) is 14.3. The van der Waals surface area contributed by atoms with Gasteiger partial charge in [-0.05, 0) is 11.6 Å². The van der Waals surface area contributed by atoms with Gasteiger partial charge in [-0.15, -0.1) is 0 Å². The number of fused-ring (bicyclic) bond motifs is 2. The molecule has 1 amide bonds. The average molecular weight is 271 g/mol. The molecule has 1 spiro atoms. The van der Waals surface area contributed by atoms with E-state index in [0.717, 1.165) is 5.56 Å². The van der Waals surface area contributed by atoms with Gasteiger partial charge in [0.1, 0.15) is 14.4 Å². The predicted octanol–water partition coefficient (Wildman–Crippen LogP) is -0.623. The average Bonchev–Trinajstić information content (AvgIpc) is 2.39. The molecule has 1 fully saturated rings. The summed E-state index contributed by atoms with van der Waals surface area (Å²) in [7, 11) is 7.14. The summed E-state index contributed by atoms with van der Waals surface area (Å²) in [5.74, 6) is -0.587. The van der Waals surface area contributed by atoms with Gasteiger partial charge < -0.3 is 14.4 Å². The molecule has 3 rings (SSSR count). The molecule has 0 aromatic heterocycles. The van der Waals surface area contributed by atoms with Crippen LogP contribution in [0.15, 0.2) is 18.2 Å². The van der Waals surface area contributed by atoms with E-state index >= 15 is 0 Å². The van der Waals surface area contributed by atoms with Gasteiger partial charge in [0.15, 0.2) is 0 Å². The summed E-state index contributed by atoms with van der Waals surface area (Å²) < 4.78 is 9.98. The Labute approximate surface area is 118 Å². The number of carbonyl (C=O) groups excluding carboxylic acids is 2. The van der Waals surface area contributed by atoms with Gasteiger partial charge in [-0.25, -0.2) is 0 Å². The molecule has 0 N–H and O–H groups in total. The topological polar surface area (TPSA) is 55.8 Å². The Bertz CT molecular complexity index is 583. The Hall–Kier alpha value is -1.82. The molecule has 0 atom stereocenters. The van der Waals surface area contributed by atoms with Gasteiger partial charge in [-0.1, -0.05) is 17.6 Å². The zero-order valence-corrected chi connectivity index (χ0v) is 11.2. The molecule has 6 heteroatoms. The Balaban J connectivity index is 2.00. The number of benzene rings is 1. The lowest BCUT2D eigenvalue weighted by Gasteiger charge is -2.48. The Morgan fingerprint density at radius 3 is 2.85 bits per heavy atom. The van der Waals surface area contributed by atoms with Gasteiger partial charge >= 0.3 is 5.97 Å². The van der Waals surface area contributed by atoms with Crippen LogP contribution < -0.4 is 5.46 Å². The molecule has 2 aliphatic heterocycles. The number of hydrogen-bond donors (Lipinski definition) is 0. The Kier molecular flexibility index (Phi) is 3.05. The summed E-state index contributed by atoms with van der Waals surface area (Å²) in [5.41, 5.74) is 1.91. The van der Waals surface area contributed by atoms with Gasteiger partial charge in [-0.3, -0.25) is 9.59 Å². The number of nitrogens with zero attached hydrogens (tertiary/aromatic N) is 1. The van der Waals surface area contributed by atoms with Gasteiger partial charge in [0.05, 0.1) is 25.7 Å². The molecule has 2 heterocycles. The number of hydrogen-bond acceptors (Lipinski definition) is 4. The van der Waals surface area contributed by atoms with Crippen molar-refractivity contribution in [2.75, 3.05) is 33.4 Å². The second kappa shape index (κ2) is 4.63. The minimum atomic E-state index is -0.423. The van der Waals surface area contributed by atoms with Crippen LogP contribution in [-0.4, -0.2) is 58.0 Å². The smallest absolute Gasteiger partial charge is 0.325 e. The van der Waals surface area contributed by atoms with Crippen LogP contribution in [0.2, 0.25) is 0 Å². The summed E-state index contributed by atoms with van der Waals surface area (Å²) in [6.45, 7) is 1.49. The van der Waals surface area contributed by atoms with Crippen molar-refractivity contribution in [3.05, 3.63) is 29.3 Å². The number of ether oxygens (including phenoxy) is 2. The highest BCUT2D eigenvalue weighted by Gasteiger charge is 2.48. The van der Waals surface area contributed by atoms with Crippen LogP contribution in [0.1, 0.15) is 15.9 Å². The molecular formula is C14H14BNO4. The standard InChI is InChI=1S/C14H14BNO4/c1-19-12(17)5-16-6-14(7-20-8-14)11-4-9(15)2-3-10(11)13(16)18/h2-4H,5-8H2,1H3. The lowest BCUT2D eigenvalue weighted by molar-refractivity contribution is -0.142. The molecule has 1 aromatic rings. The van der Waals surface area contributed by atoms with Crippen LogP contribution >= 0.6 is 0 Å². The van der Waals surface area contributed by atoms with Crippen molar-refractivity contribution >= 4 is 25.2 Å². The molecule has 102 valence electrons. The number of rotatable bonds is 2. The Morgan fingerprint density at radius 2 is 2.25 bits per heavy atom. The molecule has 20 heavy (non-hydrogen) atoms. The first kappa shape index (κ1) is 13.2. The lowest BCUT2D eigenvalue weighted by Crippen LogP contribution is -2.60. The van der Waals surface area contributed by atoms with Gasteiger partial charge in [0.2, 0.25) is 0 Å².